The minimum Gasteiger partial charge on any atom is -0.454 e. The predicted octanol–water partition coefficient (Wildman–Crippen LogP) is 4.25. The van der Waals surface area contributed by atoms with Crippen molar-refractivity contribution in [3.63, 3.8) is 0 Å². The summed E-state index contributed by atoms with van der Waals surface area (Å²) in [4.78, 5) is 1.26. The normalized spacial score (nSPS) is 23.1. The lowest BCUT2D eigenvalue weighted by molar-refractivity contribution is 0.00640. The number of hydrogen-bond donors (Lipinski definition) is 0. The molecule has 2 aromatic rings. The molecule has 2 aromatic carbocycles. The highest BCUT2D eigenvalue weighted by atomic mass is 32.2. The molecular weight excluding hydrogens is 268 g/mol. The number of ether oxygens (including phenoxy) is 2. The van der Waals surface area contributed by atoms with Crippen LogP contribution in [0.4, 0.5) is 0 Å². The first-order valence-corrected chi connectivity index (χ1v) is 7.87. The molecule has 2 atom stereocenters. The number of hydrogen-bond acceptors (Lipinski definition) is 3. The smallest absolute Gasteiger partial charge is 0.252 e. The quantitative estimate of drug-likeness (QED) is 0.820. The molecule has 2 heterocycles. The zero-order valence-electron chi connectivity index (χ0n) is 11.1. The molecule has 4 rings (SSSR count). The van der Waals surface area contributed by atoms with E-state index < -0.39 is 0 Å². The number of rotatable bonds is 2. The van der Waals surface area contributed by atoms with Gasteiger partial charge in [0.25, 0.3) is 6.29 Å². The van der Waals surface area contributed by atoms with Crippen molar-refractivity contribution in [3.8, 4) is 5.75 Å². The molecule has 2 aliphatic heterocycles. The van der Waals surface area contributed by atoms with E-state index in [1.807, 2.05) is 30.3 Å². The van der Waals surface area contributed by atoms with Crippen LogP contribution in [0.1, 0.15) is 17.0 Å². The molecule has 2 nitrogen and oxygen atoms in total. The van der Waals surface area contributed by atoms with Crippen molar-refractivity contribution in [2.45, 2.75) is 12.2 Å². The molecule has 0 bridgehead atoms. The van der Waals surface area contributed by atoms with Crippen LogP contribution < -0.4 is 4.74 Å². The molecule has 0 spiro atoms. The zero-order valence-corrected chi connectivity index (χ0v) is 11.9. The lowest BCUT2D eigenvalue weighted by atomic mass is 9.99. The average Bonchev–Trinajstić information content (AvgIpc) is 3.03. The van der Waals surface area contributed by atoms with Gasteiger partial charge in [0.05, 0.1) is 5.92 Å². The van der Waals surface area contributed by atoms with Gasteiger partial charge in [-0.25, -0.2) is 0 Å². The maximum absolute atomic E-state index is 6.09. The van der Waals surface area contributed by atoms with Gasteiger partial charge in [-0.1, -0.05) is 48.5 Å². The van der Waals surface area contributed by atoms with Crippen molar-refractivity contribution in [3.05, 3.63) is 70.6 Å². The summed E-state index contributed by atoms with van der Waals surface area (Å²) in [5.74, 6) is 2.11. The topological polar surface area (TPSA) is 18.5 Å². The Kier molecular flexibility index (Phi) is 2.74. The van der Waals surface area contributed by atoms with E-state index in [4.69, 9.17) is 9.47 Å². The minimum atomic E-state index is -0.218. The highest BCUT2D eigenvalue weighted by Gasteiger charge is 2.45. The summed E-state index contributed by atoms with van der Waals surface area (Å²) in [6.45, 7) is 0. The van der Waals surface area contributed by atoms with E-state index in [9.17, 15) is 0 Å². The Morgan fingerprint density at radius 3 is 2.45 bits per heavy atom. The highest BCUT2D eigenvalue weighted by molar-refractivity contribution is 8.02. The summed E-state index contributed by atoms with van der Waals surface area (Å²) in [5.41, 5.74) is 2.35. The fourth-order valence-electron chi connectivity index (χ4n) is 2.88. The molecule has 0 N–H and O–H groups in total. The molecule has 20 heavy (non-hydrogen) atoms. The summed E-state index contributed by atoms with van der Waals surface area (Å²) < 4.78 is 12.0. The summed E-state index contributed by atoms with van der Waals surface area (Å²) in [5, 5.41) is 0. The molecule has 3 heteroatoms. The Balaban J connectivity index is 1.83. The predicted molar refractivity (Wildman–Crippen MR) is 81.6 cm³/mol. The van der Waals surface area contributed by atoms with Gasteiger partial charge >= 0.3 is 0 Å². The van der Waals surface area contributed by atoms with Crippen LogP contribution in [0.2, 0.25) is 0 Å². The summed E-state index contributed by atoms with van der Waals surface area (Å²) in [6.07, 6.45) is 1.88. The van der Waals surface area contributed by atoms with Gasteiger partial charge in [-0.15, -0.1) is 11.8 Å². The average molecular weight is 282 g/mol. The third-order valence-corrected chi connectivity index (χ3v) is 4.64. The van der Waals surface area contributed by atoms with Crippen molar-refractivity contribution in [1.29, 1.82) is 0 Å². The first kappa shape index (κ1) is 11.9. The van der Waals surface area contributed by atoms with Crippen LogP contribution in [0.5, 0.6) is 5.75 Å². The van der Waals surface area contributed by atoms with E-state index in [-0.39, 0.29) is 12.2 Å². The SMILES string of the molecule is CSC1=C(c2ccccc2)OC2Oc3ccccc3C12. The third-order valence-electron chi connectivity index (χ3n) is 3.77. The van der Waals surface area contributed by atoms with Gasteiger partial charge in [0.1, 0.15) is 11.5 Å². The second-order valence-corrected chi connectivity index (χ2v) is 5.73. The second kappa shape index (κ2) is 4.60. The maximum Gasteiger partial charge on any atom is 0.252 e. The van der Waals surface area contributed by atoms with E-state index >= 15 is 0 Å². The van der Waals surface area contributed by atoms with Gasteiger partial charge in [-0.3, -0.25) is 0 Å². The second-order valence-electron chi connectivity index (χ2n) is 4.88. The molecule has 0 amide bonds. The highest BCUT2D eigenvalue weighted by Crippen LogP contribution is 2.53. The first-order valence-electron chi connectivity index (χ1n) is 6.64. The van der Waals surface area contributed by atoms with E-state index in [2.05, 4.69) is 30.5 Å². The van der Waals surface area contributed by atoms with Gasteiger partial charge in [-0.2, -0.15) is 0 Å². The van der Waals surface area contributed by atoms with Crippen LogP contribution in [0.15, 0.2) is 59.5 Å². The van der Waals surface area contributed by atoms with Crippen molar-refractivity contribution in [2.24, 2.45) is 0 Å². The van der Waals surface area contributed by atoms with Crippen LogP contribution >= 0.6 is 11.8 Å². The number of benzene rings is 2. The lowest BCUT2D eigenvalue weighted by Crippen LogP contribution is -2.15. The Bertz CT molecular complexity index is 678. The molecule has 0 aliphatic carbocycles. The maximum atomic E-state index is 6.09. The molecule has 100 valence electrons. The molecule has 0 saturated heterocycles. The molecular formula is C17H14O2S. The minimum absolute atomic E-state index is 0.205. The fraction of sp³-hybridized carbons (Fsp3) is 0.176. The summed E-state index contributed by atoms with van der Waals surface area (Å²) in [6, 6.07) is 18.5. The number of para-hydroxylation sites is 1. The summed E-state index contributed by atoms with van der Waals surface area (Å²) in [7, 11) is 0. The van der Waals surface area contributed by atoms with Gasteiger partial charge in [0.2, 0.25) is 0 Å². The van der Waals surface area contributed by atoms with E-state index in [1.54, 1.807) is 11.8 Å². The Morgan fingerprint density at radius 1 is 0.900 bits per heavy atom. The van der Waals surface area contributed by atoms with Crippen LogP contribution in [0.3, 0.4) is 0 Å². The Labute approximate surface area is 122 Å². The van der Waals surface area contributed by atoms with Gasteiger partial charge in [0, 0.05) is 16.0 Å². The van der Waals surface area contributed by atoms with E-state index in [1.165, 1.54) is 10.5 Å². The van der Waals surface area contributed by atoms with Crippen molar-refractivity contribution in [2.75, 3.05) is 6.26 Å². The summed E-state index contributed by atoms with van der Waals surface area (Å²) >= 11 is 1.75. The van der Waals surface area contributed by atoms with E-state index in [0.717, 1.165) is 17.1 Å². The third kappa shape index (κ3) is 1.66. The standard InChI is InChI=1S/C17H14O2S/c1-20-16-14-12-9-5-6-10-13(12)18-17(14)19-15(16)11-7-3-2-4-8-11/h2-10,14,17H,1H3. The van der Waals surface area contributed by atoms with Gasteiger partial charge < -0.3 is 9.47 Å². The van der Waals surface area contributed by atoms with E-state index in [0.29, 0.717) is 0 Å². The Hall–Kier alpha value is -1.87. The number of fused-ring (bicyclic) bond motifs is 3. The zero-order chi connectivity index (χ0) is 13.5. The van der Waals surface area contributed by atoms with Crippen molar-refractivity contribution < 1.29 is 9.47 Å². The fourth-order valence-corrected chi connectivity index (χ4v) is 3.72. The van der Waals surface area contributed by atoms with Gasteiger partial charge in [-0.05, 0) is 12.3 Å². The molecule has 0 saturated carbocycles. The van der Waals surface area contributed by atoms with Crippen LogP contribution in [-0.4, -0.2) is 12.5 Å². The van der Waals surface area contributed by atoms with Gasteiger partial charge in [0.15, 0.2) is 0 Å². The Morgan fingerprint density at radius 2 is 1.65 bits per heavy atom. The van der Waals surface area contributed by atoms with Crippen molar-refractivity contribution in [1.82, 2.24) is 0 Å². The lowest BCUT2D eigenvalue weighted by Gasteiger charge is -2.11. The molecule has 0 aromatic heterocycles. The largest absolute Gasteiger partial charge is 0.454 e. The molecule has 2 aliphatic rings. The number of thioether (sulfide) groups is 1. The first-order chi connectivity index (χ1) is 9.88. The van der Waals surface area contributed by atoms with Crippen LogP contribution in [-0.2, 0) is 4.74 Å². The van der Waals surface area contributed by atoms with Crippen LogP contribution in [0, 0.1) is 0 Å². The molecule has 0 radical (unpaired) electrons. The molecule has 2 unspecified atom stereocenters. The van der Waals surface area contributed by atoms with Crippen LogP contribution in [0.25, 0.3) is 5.76 Å². The monoisotopic (exact) mass is 282 g/mol. The molecule has 0 fully saturated rings. The van der Waals surface area contributed by atoms with Crippen molar-refractivity contribution >= 4 is 17.5 Å².